The summed E-state index contributed by atoms with van der Waals surface area (Å²) >= 11 is 0. The summed E-state index contributed by atoms with van der Waals surface area (Å²) in [6, 6.07) is 3.96. The number of hydrogen-bond donors (Lipinski definition) is 1. The normalized spacial score (nSPS) is 11.5. The number of likely N-dealkylation sites (N-methyl/N-ethyl adjacent to an activating group) is 2. The SMILES string of the molecule is CNCCN(C)c1ccc(S(C)(=O)=O)cc1F. The number of anilines is 1. The van der Waals surface area contributed by atoms with Crippen LogP contribution in [0.4, 0.5) is 10.1 Å². The number of rotatable bonds is 5. The molecule has 0 fully saturated rings. The van der Waals surface area contributed by atoms with Crippen LogP contribution in [0.5, 0.6) is 0 Å². The van der Waals surface area contributed by atoms with E-state index in [0.29, 0.717) is 12.2 Å². The largest absolute Gasteiger partial charge is 0.371 e. The van der Waals surface area contributed by atoms with Crippen LogP contribution in [-0.2, 0) is 9.84 Å². The summed E-state index contributed by atoms with van der Waals surface area (Å²) in [5.74, 6) is -0.522. The molecule has 0 unspecified atom stereocenters. The molecule has 0 heterocycles. The second-order valence-corrected chi connectivity index (χ2v) is 5.93. The van der Waals surface area contributed by atoms with Crippen molar-refractivity contribution >= 4 is 15.5 Å². The first-order chi connectivity index (χ1) is 7.86. The Kier molecular flexibility index (Phi) is 4.47. The predicted molar refractivity (Wildman–Crippen MR) is 66.7 cm³/mol. The Morgan fingerprint density at radius 1 is 1.41 bits per heavy atom. The number of nitrogens with zero attached hydrogens (tertiary/aromatic N) is 1. The highest BCUT2D eigenvalue weighted by molar-refractivity contribution is 7.90. The molecule has 0 spiro atoms. The Labute approximate surface area is 101 Å². The molecule has 0 radical (unpaired) electrons. The van der Waals surface area contributed by atoms with E-state index in [0.717, 1.165) is 18.9 Å². The predicted octanol–water partition coefficient (Wildman–Crippen LogP) is 0.885. The fraction of sp³-hybridized carbons (Fsp3) is 0.455. The highest BCUT2D eigenvalue weighted by Gasteiger charge is 2.12. The lowest BCUT2D eigenvalue weighted by molar-refractivity contribution is 0.594. The first-order valence-corrected chi connectivity index (χ1v) is 7.10. The van der Waals surface area contributed by atoms with Crippen LogP contribution >= 0.6 is 0 Å². The standard InChI is InChI=1S/C11H17FN2O2S/c1-13-6-7-14(2)11-5-4-9(8-10(11)12)17(3,15)16/h4-5,8,13H,6-7H2,1-3H3. The molecule has 1 aromatic carbocycles. The molecule has 1 rings (SSSR count). The minimum absolute atomic E-state index is 0.000710. The molecule has 0 bridgehead atoms. The van der Waals surface area contributed by atoms with Crippen molar-refractivity contribution in [1.29, 1.82) is 0 Å². The molecule has 0 saturated heterocycles. The Hall–Kier alpha value is -1.14. The van der Waals surface area contributed by atoms with E-state index in [1.807, 2.05) is 7.05 Å². The lowest BCUT2D eigenvalue weighted by Crippen LogP contribution is -2.27. The Morgan fingerprint density at radius 3 is 2.53 bits per heavy atom. The van der Waals surface area contributed by atoms with Gasteiger partial charge < -0.3 is 10.2 Å². The lowest BCUT2D eigenvalue weighted by atomic mass is 10.3. The van der Waals surface area contributed by atoms with Crippen LogP contribution in [0.25, 0.3) is 0 Å². The van der Waals surface area contributed by atoms with Crippen LogP contribution in [-0.4, -0.2) is 41.9 Å². The van der Waals surface area contributed by atoms with E-state index in [2.05, 4.69) is 5.32 Å². The Balaban J connectivity index is 2.98. The molecule has 0 amide bonds. The van der Waals surface area contributed by atoms with Gasteiger partial charge in [-0.1, -0.05) is 0 Å². The second kappa shape index (κ2) is 5.46. The summed E-state index contributed by atoms with van der Waals surface area (Å²) in [6.45, 7) is 1.37. The molecule has 17 heavy (non-hydrogen) atoms. The van der Waals surface area contributed by atoms with Crippen LogP contribution in [0.3, 0.4) is 0 Å². The van der Waals surface area contributed by atoms with Crippen LogP contribution < -0.4 is 10.2 Å². The maximum absolute atomic E-state index is 13.7. The molecule has 0 aliphatic rings. The number of hydrogen-bond acceptors (Lipinski definition) is 4. The molecular weight excluding hydrogens is 243 g/mol. The van der Waals surface area contributed by atoms with Gasteiger partial charge in [-0.25, -0.2) is 12.8 Å². The van der Waals surface area contributed by atoms with E-state index < -0.39 is 15.7 Å². The first kappa shape index (κ1) is 13.9. The molecule has 4 nitrogen and oxygen atoms in total. The number of nitrogens with one attached hydrogen (secondary N) is 1. The van der Waals surface area contributed by atoms with Gasteiger partial charge in [0, 0.05) is 26.4 Å². The molecule has 1 N–H and O–H groups in total. The minimum Gasteiger partial charge on any atom is -0.371 e. The van der Waals surface area contributed by atoms with E-state index in [1.54, 1.807) is 11.9 Å². The van der Waals surface area contributed by atoms with Crippen molar-refractivity contribution in [3.05, 3.63) is 24.0 Å². The summed E-state index contributed by atoms with van der Waals surface area (Å²) in [7, 11) is 0.221. The van der Waals surface area contributed by atoms with Crippen molar-refractivity contribution in [1.82, 2.24) is 5.32 Å². The zero-order chi connectivity index (χ0) is 13.1. The van der Waals surface area contributed by atoms with E-state index in [1.165, 1.54) is 12.1 Å². The summed E-state index contributed by atoms with van der Waals surface area (Å²) in [5.41, 5.74) is 0.396. The van der Waals surface area contributed by atoms with Gasteiger partial charge in [0.2, 0.25) is 0 Å². The van der Waals surface area contributed by atoms with Crippen molar-refractivity contribution in [3.63, 3.8) is 0 Å². The molecule has 0 aliphatic carbocycles. The Bertz CT molecular complexity index is 488. The van der Waals surface area contributed by atoms with Crippen LogP contribution in [0, 0.1) is 5.82 Å². The minimum atomic E-state index is -3.36. The zero-order valence-corrected chi connectivity index (χ0v) is 11.0. The maximum Gasteiger partial charge on any atom is 0.175 e. The van der Waals surface area contributed by atoms with Gasteiger partial charge in [-0.15, -0.1) is 0 Å². The smallest absolute Gasteiger partial charge is 0.175 e. The molecule has 96 valence electrons. The van der Waals surface area contributed by atoms with E-state index in [-0.39, 0.29) is 4.90 Å². The second-order valence-electron chi connectivity index (χ2n) is 3.91. The maximum atomic E-state index is 13.7. The van der Waals surface area contributed by atoms with Crippen LogP contribution in [0.1, 0.15) is 0 Å². The quantitative estimate of drug-likeness (QED) is 0.854. The number of halogens is 1. The van der Waals surface area contributed by atoms with Gasteiger partial charge in [-0.05, 0) is 25.2 Å². The molecule has 0 aromatic heterocycles. The van der Waals surface area contributed by atoms with Gasteiger partial charge in [0.25, 0.3) is 0 Å². The van der Waals surface area contributed by atoms with E-state index in [4.69, 9.17) is 0 Å². The fourth-order valence-corrected chi connectivity index (χ4v) is 2.06. The molecule has 0 atom stereocenters. The fourth-order valence-electron chi connectivity index (χ4n) is 1.43. The number of benzene rings is 1. The van der Waals surface area contributed by atoms with Gasteiger partial charge in [0.05, 0.1) is 10.6 Å². The number of sulfone groups is 1. The zero-order valence-electron chi connectivity index (χ0n) is 10.2. The third-order valence-electron chi connectivity index (χ3n) is 2.46. The third-order valence-corrected chi connectivity index (χ3v) is 3.57. The van der Waals surface area contributed by atoms with Gasteiger partial charge >= 0.3 is 0 Å². The molecule has 1 aromatic rings. The van der Waals surface area contributed by atoms with Crippen LogP contribution in [0.15, 0.2) is 23.1 Å². The first-order valence-electron chi connectivity index (χ1n) is 5.21. The van der Waals surface area contributed by atoms with Gasteiger partial charge in [0.15, 0.2) is 9.84 Å². The van der Waals surface area contributed by atoms with Crippen molar-refractivity contribution in [2.45, 2.75) is 4.90 Å². The molecule has 0 aliphatic heterocycles. The topological polar surface area (TPSA) is 49.4 Å². The monoisotopic (exact) mass is 260 g/mol. The van der Waals surface area contributed by atoms with Crippen molar-refractivity contribution in [2.75, 3.05) is 38.3 Å². The average molecular weight is 260 g/mol. The molecule has 0 saturated carbocycles. The van der Waals surface area contributed by atoms with Gasteiger partial charge in [-0.2, -0.15) is 0 Å². The van der Waals surface area contributed by atoms with Crippen molar-refractivity contribution < 1.29 is 12.8 Å². The van der Waals surface area contributed by atoms with Crippen molar-refractivity contribution in [2.24, 2.45) is 0 Å². The highest BCUT2D eigenvalue weighted by Crippen LogP contribution is 2.21. The van der Waals surface area contributed by atoms with E-state index in [9.17, 15) is 12.8 Å². The molecular formula is C11H17FN2O2S. The van der Waals surface area contributed by atoms with Gasteiger partial charge in [-0.3, -0.25) is 0 Å². The summed E-state index contributed by atoms with van der Waals surface area (Å²) in [5, 5.41) is 2.96. The van der Waals surface area contributed by atoms with Crippen LogP contribution in [0.2, 0.25) is 0 Å². The van der Waals surface area contributed by atoms with Gasteiger partial charge in [0.1, 0.15) is 5.82 Å². The highest BCUT2D eigenvalue weighted by atomic mass is 32.2. The Morgan fingerprint density at radius 2 is 2.06 bits per heavy atom. The molecule has 6 heteroatoms. The summed E-state index contributed by atoms with van der Waals surface area (Å²) in [4.78, 5) is 1.73. The van der Waals surface area contributed by atoms with E-state index >= 15 is 0 Å². The van der Waals surface area contributed by atoms with Crippen molar-refractivity contribution in [3.8, 4) is 0 Å². The summed E-state index contributed by atoms with van der Waals surface area (Å²) < 4.78 is 36.2. The summed E-state index contributed by atoms with van der Waals surface area (Å²) in [6.07, 6.45) is 1.06. The lowest BCUT2D eigenvalue weighted by Gasteiger charge is -2.19. The third kappa shape index (κ3) is 3.67. The average Bonchev–Trinajstić information content (AvgIpc) is 2.24.